The lowest BCUT2D eigenvalue weighted by Gasteiger charge is -2.36. The van der Waals surface area contributed by atoms with E-state index in [1.165, 1.54) is 0 Å². The van der Waals surface area contributed by atoms with E-state index in [1.807, 2.05) is 55.9 Å². The molecule has 10 heteroatoms. The summed E-state index contributed by atoms with van der Waals surface area (Å²) in [5.41, 5.74) is 1.41. The van der Waals surface area contributed by atoms with Crippen molar-refractivity contribution in [1.29, 1.82) is 0 Å². The number of urea groups is 1. The van der Waals surface area contributed by atoms with Gasteiger partial charge >= 0.3 is 6.03 Å². The molecular formula is C28H39N5O5. The van der Waals surface area contributed by atoms with Crippen LogP contribution in [0.5, 0.6) is 5.75 Å². The molecule has 0 bridgehead atoms. The minimum atomic E-state index is -0.428. The van der Waals surface area contributed by atoms with Crippen molar-refractivity contribution in [3.05, 3.63) is 54.1 Å². The molecule has 1 aliphatic rings. The maximum atomic E-state index is 13.5. The Morgan fingerprint density at radius 3 is 2.39 bits per heavy atom. The number of nitrogens with zero attached hydrogens (tertiary/aromatic N) is 3. The minimum Gasteiger partial charge on any atom is -0.491 e. The van der Waals surface area contributed by atoms with E-state index in [4.69, 9.17) is 9.47 Å². The highest BCUT2D eigenvalue weighted by atomic mass is 16.5. The summed E-state index contributed by atoms with van der Waals surface area (Å²) in [4.78, 5) is 44.4. The number of likely N-dealkylation sites (N-methyl/N-ethyl adjacent to an activating group) is 2. The van der Waals surface area contributed by atoms with Crippen LogP contribution in [0.15, 0.2) is 48.5 Å². The second-order valence-corrected chi connectivity index (χ2v) is 10.0. The lowest BCUT2D eigenvalue weighted by molar-refractivity contribution is -0.136. The molecule has 4 amide bonds. The predicted molar refractivity (Wildman–Crippen MR) is 148 cm³/mol. The number of para-hydroxylation sites is 1. The molecule has 2 N–H and O–H groups in total. The van der Waals surface area contributed by atoms with Crippen LogP contribution in [0.4, 0.5) is 16.2 Å². The highest BCUT2D eigenvalue weighted by Gasteiger charge is 2.30. The molecule has 0 aromatic heterocycles. The normalized spacial score (nSPS) is 20.6. The van der Waals surface area contributed by atoms with E-state index in [0.29, 0.717) is 35.8 Å². The number of benzene rings is 2. The molecule has 10 nitrogen and oxygen atoms in total. The summed E-state index contributed by atoms with van der Waals surface area (Å²) < 4.78 is 11.9. The van der Waals surface area contributed by atoms with Gasteiger partial charge in [0.25, 0.3) is 5.91 Å². The first-order valence-corrected chi connectivity index (χ1v) is 12.7. The SMILES string of the molecule is CO[C@@H]1CN(C)C(=O)c2cc(NC(=O)Nc3ccccc3)ccc2OC[C@H](C)N(C(=O)CN(C)C)C[C@H]1C. The van der Waals surface area contributed by atoms with Crippen LogP contribution in [0.3, 0.4) is 0 Å². The number of hydrogen-bond acceptors (Lipinski definition) is 6. The zero-order valence-corrected chi connectivity index (χ0v) is 23.1. The van der Waals surface area contributed by atoms with Crippen molar-refractivity contribution in [2.45, 2.75) is 26.0 Å². The lowest BCUT2D eigenvalue weighted by Crippen LogP contribution is -2.50. The fraction of sp³-hybridized carbons (Fsp3) is 0.464. The first-order valence-electron chi connectivity index (χ1n) is 12.7. The molecule has 0 fully saturated rings. The number of amides is 4. The zero-order chi connectivity index (χ0) is 27.8. The van der Waals surface area contributed by atoms with Gasteiger partial charge in [0, 0.05) is 44.5 Å². The van der Waals surface area contributed by atoms with Gasteiger partial charge in [-0.3, -0.25) is 9.59 Å². The number of methoxy groups -OCH3 is 1. The van der Waals surface area contributed by atoms with E-state index in [2.05, 4.69) is 10.6 Å². The Kier molecular flexibility index (Phi) is 10.1. The molecule has 0 saturated carbocycles. The molecular weight excluding hydrogens is 486 g/mol. The van der Waals surface area contributed by atoms with Gasteiger partial charge < -0.3 is 34.8 Å². The van der Waals surface area contributed by atoms with Crippen molar-refractivity contribution >= 4 is 29.2 Å². The lowest BCUT2D eigenvalue weighted by atomic mass is 10.0. The Bertz CT molecular complexity index is 1110. The molecule has 0 saturated heterocycles. The second-order valence-electron chi connectivity index (χ2n) is 10.0. The minimum absolute atomic E-state index is 0.00140. The monoisotopic (exact) mass is 525 g/mol. The van der Waals surface area contributed by atoms with Crippen LogP contribution in [0.2, 0.25) is 0 Å². The summed E-state index contributed by atoms with van der Waals surface area (Å²) in [6.07, 6.45) is -0.285. The van der Waals surface area contributed by atoms with Gasteiger partial charge in [-0.05, 0) is 51.4 Å². The van der Waals surface area contributed by atoms with Crippen LogP contribution in [-0.2, 0) is 9.53 Å². The molecule has 2 aromatic carbocycles. The van der Waals surface area contributed by atoms with Gasteiger partial charge in [-0.2, -0.15) is 0 Å². The third-order valence-corrected chi connectivity index (χ3v) is 6.51. The van der Waals surface area contributed by atoms with Crippen LogP contribution >= 0.6 is 0 Å². The molecule has 0 radical (unpaired) electrons. The first-order chi connectivity index (χ1) is 18.1. The number of carbonyl (C=O) groups is 3. The quantitative estimate of drug-likeness (QED) is 0.621. The van der Waals surface area contributed by atoms with E-state index in [9.17, 15) is 14.4 Å². The molecule has 38 heavy (non-hydrogen) atoms. The van der Waals surface area contributed by atoms with Crippen molar-refractivity contribution < 1.29 is 23.9 Å². The highest BCUT2D eigenvalue weighted by Crippen LogP contribution is 2.26. The standard InChI is InChI=1S/C28H39N5O5/c1-19-15-33(26(34)17-31(3)4)20(2)18-38-24-13-12-22(30-28(36)29-21-10-8-7-9-11-21)14-23(24)27(35)32(5)16-25(19)37-6/h7-14,19-20,25H,15-18H2,1-6H3,(H2,29,30,36)/t19-,20+,25-/m1/s1. The largest absolute Gasteiger partial charge is 0.491 e. The summed E-state index contributed by atoms with van der Waals surface area (Å²) >= 11 is 0. The number of anilines is 2. The molecule has 3 rings (SSSR count). The molecule has 0 spiro atoms. The topological polar surface area (TPSA) is 103 Å². The van der Waals surface area contributed by atoms with Crippen molar-refractivity contribution in [3.63, 3.8) is 0 Å². The van der Waals surface area contributed by atoms with Crippen molar-refractivity contribution in [1.82, 2.24) is 14.7 Å². The maximum Gasteiger partial charge on any atom is 0.323 e. The van der Waals surface area contributed by atoms with Crippen LogP contribution in [0.1, 0.15) is 24.2 Å². The number of ether oxygens (including phenoxy) is 2. The smallest absolute Gasteiger partial charge is 0.323 e. The Morgan fingerprint density at radius 2 is 1.74 bits per heavy atom. The molecule has 1 aliphatic heterocycles. The Hall–Kier alpha value is -3.63. The van der Waals surface area contributed by atoms with Gasteiger partial charge in [0.05, 0.1) is 24.3 Å². The summed E-state index contributed by atoms with van der Waals surface area (Å²) in [5, 5.41) is 5.54. The first kappa shape index (κ1) is 28.9. The average Bonchev–Trinajstić information content (AvgIpc) is 2.88. The van der Waals surface area contributed by atoms with Crippen LogP contribution in [-0.4, -0.2) is 99.2 Å². The fourth-order valence-corrected chi connectivity index (χ4v) is 4.38. The van der Waals surface area contributed by atoms with Crippen molar-refractivity contribution in [2.24, 2.45) is 5.92 Å². The summed E-state index contributed by atoms with van der Waals surface area (Å²) in [5.74, 6) is 0.0938. The van der Waals surface area contributed by atoms with Crippen molar-refractivity contribution in [2.75, 3.05) is 65.1 Å². The summed E-state index contributed by atoms with van der Waals surface area (Å²) in [6, 6.07) is 13.4. The average molecular weight is 526 g/mol. The molecule has 206 valence electrons. The molecule has 0 aliphatic carbocycles. The zero-order valence-electron chi connectivity index (χ0n) is 23.1. The van der Waals surface area contributed by atoms with E-state index < -0.39 is 6.03 Å². The van der Waals surface area contributed by atoms with E-state index in [0.717, 1.165) is 0 Å². The number of rotatable bonds is 5. The van der Waals surface area contributed by atoms with Gasteiger partial charge in [0.15, 0.2) is 0 Å². The molecule has 2 aromatic rings. The number of nitrogens with one attached hydrogen (secondary N) is 2. The molecule has 3 atom stereocenters. The summed E-state index contributed by atoms with van der Waals surface area (Å²) in [7, 11) is 7.04. The van der Waals surface area contributed by atoms with Gasteiger partial charge in [0.2, 0.25) is 5.91 Å². The Balaban J connectivity index is 1.89. The van der Waals surface area contributed by atoms with E-state index >= 15 is 0 Å². The van der Waals surface area contributed by atoms with Crippen LogP contribution < -0.4 is 15.4 Å². The van der Waals surface area contributed by atoms with Gasteiger partial charge in [0.1, 0.15) is 12.4 Å². The number of hydrogen-bond donors (Lipinski definition) is 2. The highest BCUT2D eigenvalue weighted by molar-refractivity contribution is 6.02. The fourth-order valence-electron chi connectivity index (χ4n) is 4.38. The predicted octanol–water partition coefficient (Wildman–Crippen LogP) is 3.22. The van der Waals surface area contributed by atoms with Gasteiger partial charge in [-0.1, -0.05) is 25.1 Å². The van der Waals surface area contributed by atoms with Crippen LogP contribution in [0, 0.1) is 5.92 Å². The number of carbonyl (C=O) groups excluding carboxylic acids is 3. The number of fused-ring (bicyclic) bond motifs is 1. The van der Waals surface area contributed by atoms with Crippen molar-refractivity contribution in [3.8, 4) is 5.75 Å². The van der Waals surface area contributed by atoms with E-state index in [-0.39, 0.29) is 43.0 Å². The Morgan fingerprint density at radius 1 is 1.05 bits per heavy atom. The third-order valence-electron chi connectivity index (χ3n) is 6.51. The second kappa shape index (κ2) is 13.3. The van der Waals surface area contributed by atoms with E-state index in [1.54, 1.807) is 49.4 Å². The van der Waals surface area contributed by atoms with Gasteiger partial charge in [-0.25, -0.2) is 4.79 Å². The summed E-state index contributed by atoms with van der Waals surface area (Å²) in [6.45, 7) is 5.24. The third kappa shape index (κ3) is 7.69. The van der Waals surface area contributed by atoms with Gasteiger partial charge in [-0.15, -0.1) is 0 Å². The molecule has 1 heterocycles. The van der Waals surface area contributed by atoms with Crippen LogP contribution in [0.25, 0.3) is 0 Å². The molecule has 0 unspecified atom stereocenters. The Labute approximate surface area is 224 Å². The maximum absolute atomic E-state index is 13.5.